The number of anilines is 1. The van der Waals surface area contributed by atoms with Gasteiger partial charge in [0.2, 0.25) is 0 Å². The van der Waals surface area contributed by atoms with Crippen LogP contribution in [0.25, 0.3) is 0 Å². The van der Waals surface area contributed by atoms with Crippen LogP contribution < -0.4 is 10.2 Å². The molecule has 1 N–H and O–H groups in total. The molecule has 1 rings (SSSR count). The van der Waals surface area contributed by atoms with Gasteiger partial charge in [-0.1, -0.05) is 19.4 Å². The first kappa shape index (κ1) is 16.0. The second-order valence-electron chi connectivity index (χ2n) is 5.82. The van der Waals surface area contributed by atoms with Crippen LogP contribution in [0.4, 0.5) is 5.69 Å². The summed E-state index contributed by atoms with van der Waals surface area (Å²) in [6, 6.07) is 2.30. The van der Waals surface area contributed by atoms with Crippen molar-refractivity contribution < 1.29 is 0 Å². The molecule has 1 unspecified atom stereocenters. The summed E-state index contributed by atoms with van der Waals surface area (Å²) in [5.74, 6) is 0.703. The van der Waals surface area contributed by atoms with Crippen LogP contribution in [0.1, 0.15) is 35.6 Å². The first-order valence-corrected chi connectivity index (χ1v) is 7.35. The predicted molar refractivity (Wildman–Crippen MR) is 86.4 cm³/mol. The fourth-order valence-corrected chi connectivity index (χ4v) is 2.87. The number of hydrogen-bond acceptors (Lipinski definition) is 2. The summed E-state index contributed by atoms with van der Waals surface area (Å²) in [5, 5.41) is 3.30. The third-order valence-corrected chi connectivity index (χ3v) is 4.31. The van der Waals surface area contributed by atoms with Gasteiger partial charge in [0.1, 0.15) is 0 Å². The Morgan fingerprint density at radius 1 is 1.11 bits per heavy atom. The third kappa shape index (κ3) is 3.73. The van der Waals surface area contributed by atoms with Crippen molar-refractivity contribution in [1.82, 2.24) is 5.32 Å². The van der Waals surface area contributed by atoms with Crippen LogP contribution in [-0.2, 0) is 0 Å². The van der Waals surface area contributed by atoms with E-state index in [2.05, 4.69) is 57.9 Å². The Bertz CT molecular complexity index is 398. The highest BCUT2D eigenvalue weighted by Crippen LogP contribution is 2.30. The van der Waals surface area contributed by atoms with Crippen molar-refractivity contribution in [2.24, 2.45) is 5.92 Å². The molecule has 0 aliphatic heterocycles. The van der Waals surface area contributed by atoms with Crippen molar-refractivity contribution in [3.8, 4) is 0 Å². The second kappa shape index (κ2) is 6.95. The molecule has 0 saturated carbocycles. The maximum absolute atomic E-state index is 3.30. The normalized spacial score (nSPS) is 12.6. The van der Waals surface area contributed by atoms with E-state index in [1.165, 1.54) is 34.4 Å². The Kier molecular flexibility index (Phi) is 5.86. The zero-order valence-corrected chi connectivity index (χ0v) is 13.7. The van der Waals surface area contributed by atoms with E-state index >= 15 is 0 Å². The van der Waals surface area contributed by atoms with E-state index in [1.54, 1.807) is 0 Å². The largest absolute Gasteiger partial charge is 0.374 e. The van der Waals surface area contributed by atoms with Crippen LogP contribution in [0.2, 0.25) is 0 Å². The van der Waals surface area contributed by atoms with Crippen molar-refractivity contribution >= 4 is 5.69 Å². The third-order valence-electron chi connectivity index (χ3n) is 4.31. The van der Waals surface area contributed by atoms with E-state index in [4.69, 9.17) is 0 Å². The monoisotopic (exact) mass is 262 g/mol. The summed E-state index contributed by atoms with van der Waals surface area (Å²) < 4.78 is 0. The van der Waals surface area contributed by atoms with Gasteiger partial charge in [0.15, 0.2) is 0 Å². The Labute approximate surface area is 119 Å². The van der Waals surface area contributed by atoms with Crippen molar-refractivity contribution in [3.63, 3.8) is 0 Å². The Balaban J connectivity index is 3.02. The smallest absolute Gasteiger partial charge is 0.0428 e. The van der Waals surface area contributed by atoms with Gasteiger partial charge in [-0.15, -0.1) is 0 Å². The van der Waals surface area contributed by atoms with Crippen LogP contribution in [0.3, 0.4) is 0 Å². The minimum Gasteiger partial charge on any atom is -0.374 e. The summed E-state index contributed by atoms with van der Waals surface area (Å²) in [4.78, 5) is 2.44. The lowest BCUT2D eigenvalue weighted by atomic mass is 9.97. The Hall–Kier alpha value is -1.02. The SMILES string of the molecule is CCC(CNC)CN(C)c1c(C)c(C)cc(C)c1C. The van der Waals surface area contributed by atoms with E-state index in [1.807, 2.05) is 7.05 Å². The van der Waals surface area contributed by atoms with Crippen LogP contribution in [0, 0.1) is 33.6 Å². The van der Waals surface area contributed by atoms with E-state index in [0.717, 1.165) is 13.1 Å². The van der Waals surface area contributed by atoms with Crippen molar-refractivity contribution in [1.29, 1.82) is 0 Å². The van der Waals surface area contributed by atoms with Crippen molar-refractivity contribution in [3.05, 3.63) is 28.3 Å². The van der Waals surface area contributed by atoms with Gasteiger partial charge in [-0.3, -0.25) is 0 Å². The van der Waals surface area contributed by atoms with Crippen molar-refractivity contribution in [2.45, 2.75) is 41.0 Å². The van der Waals surface area contributed by atoms with Gasteiger partial charge in [0, 0.05) is 19.3 Å². The van der Waals surface area contributed by atoms with Gasteiger partial charge in [0.05, 0.1) is 0 Å². The molecule has 19 heavy (non-hydrogen) atoms. The van der Waals surface area contributed by atoms with Gasteiger partial charge >= 0.3 is 0 Å². The number of nitrogens with zero attached hydrogens (tertiary/aromatic N) is 1. The summed E-state index contributed by atoms with van der Waals surface area (Å²) in [6.07, 6.45) is 1.22. The molecule has 0 fully saturated rings. The standard InChI is InChI=1S/C17H30N2/c1-8-16(10-18-6)11-19(7)17-14(4)12(2)9-13(3)15(17)5/h9,16,18H,8,10-11H2,1-7H3. The molecule has 0 amide bonds. The molecule has 2 heteroatoms. The van der Waals surface area contributed by atoms with Gasteiger partial charge in [-0.2, -0.15) is 0 Å². The zero-order valence-electron chi connectivity index (χ0n) is 13.7. The van der Waals surface area contributed by atoms with Crippen LogP contribution >= 0.6 is 0 Å². The number of rotatable bonds is 6. The average Bonchev–Trinajstić information content (AvgIpc) is 2.36. The average molecular weight is 262 g/mol. The van der Waals surface area contributed by atoms with Gasteiger partial charge in [0.25, 0.3) is 0 Å². The minimum atomic E-state index is 0.703. The first-order chi connectivity index (χ1) is 8.92. The molecule has 1 aromatic carbocycles. The van der Waals surface area contributed by atoms with Crippen LogP contribution in [0.5, 0.6) is 0 Å². The minimum absolute atomic E-state index is 0.703. The molecule has 0 saturated heterocycles. The van der Waals surface area contributed by atoms with Gasteiger partial charge < -0.3 is 10.2 Å². The topological polar surface area (TPSA) is 15.3 Å². The summed E-state index contributed by atoms with van der Waals surface area (Å²) in [7, 11) is 4.27. The molecule has 0 spiro atoms. The molecule has 2 nitrogen and oxygen atoms in total. The molecule has 0 radical (unpaired) electrons. The van der Waals surface area contributed by atoms with Gasteiger partial charge in [-0.05, 0) is 69.5 Å². The Morgan fingerprint density at radius 2 is 1.63 bits per heavy atom. The maximum atomic E-state index is 3.30. The highest BCUT2D eigenvalue weighted by atomic mass is 15.1. The van der Waals surface area contributed by atoms with Crippen LogP contribution in [-0.4, -0.2) is 27.2 Å². The number of hydrogen-bond donors (Lipinski definition) is 1. The second-order valence-corrected chi connectivity index (χ2v) is 5.82. The molecule has 1 atom stereocenters. The van der Waals surface area contributed by atoms with Gasteiger partial charge in [-0.25, -0.2) is 0 Å². The summed E-state index contributed by atoms with van der Waals surface area (Å²) in [5.41, 5.74) is 7.06. The predicted octanol–water partition coefficient (Wildman–Crippen LogP) is 3.60. The summed E-state index contributed by atoms with van der Waals surface area (Å²) in [6.45, 7) is 13.4. The number of aryl methyl sites for hydroxylation is 2. The molecule has 0 aliphatic rings. The molecule has 0 aliphatic carbocycles. The lowest BCUT2D eigenvalue weighted by Gasteiger charge is -2.29. The van der Waals surface area contributed by atoms with E-state index in [0.29, 0.717) is 5.92 Å². The Morgan fingerprint density at radius 3 is 2.05 bits per heavy atom. The molecular weight excluding hydrogens is 232 g/mol. The number of benzene rings is 1. The zero-order chi connectivity index (χ0) is 14.6. The lowest BCUT2D eigenvalue weighted by Crippen LogP contribution is -2.32. The quantitative estimate of drug-likeness (QED) is 0.842. The van der Waals surface area contributed by atoms with Crippen molar-refractivity contribution in [2.75, 3.05) is 32.1 Å². The summed E-state index contributed by atoms with van der Waals surface area (Å²) >= 11 is 0. The highest BCUT2D eigenvalue weighted by Gasteiger charge is 2.15. The van der Waals surface area contributed by atoms with E-state index < -0.39 is 0 Å². The molecule has 0 aromatic heterocycles. The molecule has 1 aromatic rings. The molecular formula is C17H30N2. The molecule has 0 heterocycles. The molecule has 0 bridgehead atoms. The fourth-order valence-electron chi connectivity index (χ4n) is 2.87. The van der Waals surface area contributed by atoms with E-state index in [9.17, 15) is 0 Å². The first-order valence-electron chi connectivity index (χ1n) is 7.35. The number of nitrogens with one attached hydrogen (secondary N) is 1. The fraction of sp³-hybridized carbons (Fsp3) is 0.647. The van der Waals surface area contributed by atoms with E-state index in [-0.39, 0.29) is 0 Å². The van der Waals surface area contributed by atoms with Crippen LogP contribution in [0.15, 0.2) is 6.07 Å². The maximum Gasteiger partial charge on any atom is 0.0428 e. The lowest BCUT2D eigenvalue weighted by molar-refractivity contribution is 0.484. The highest BCUT2D eigenvalue weighted by molar-refractivity contribution is 5.63. The molecule has 108 valence electrons.